The minimum atomic E-state index is -4.04. The van der Waals surface area contributed by atoms with Crippen molar-refractivity contribution in [2.75, 3.05) is 38.7 Å². The highest BCUT2D eigenvalue weighted by molar-refractivity contribution is 7.91. The van der Waals surface area contributed by atoms with Crippen molar-refractivity contribution in [3.63, 3.8) is 0 Å². The lowest BCUT2D eigenvalue weighted by Crippen LogP contribution is -2.40. The zero-order valence-corrected chi connectivity index (χ0v) is 23.4. The van der Waals surface area contributed by atoms with Gasteiger partial charge in [-0.05, 0) is 79.9 Å². The van der Waals surface area contributed by atoms with E-state index in [4.69, 9.17) is 14.6 Å². The number of piperidine rings is 1. The van der Waals surface area contributed by atoms with E-state index in [9.17, 15) is 22.2 Å². The third-order valence-electron chi connectivity index (χ3n) is 7.64. The fourth-order valence-corrected chi connectivity index (χ4v) is 7.02. The summed E-state index contributed by atoms with van der Waals surface area (Å²) < 4.78 is 61.6. The second-order valence-electron chi connectivity index (χ2n) is 10.6. The number of rotatable bonds is 9. The fourth-order valence-electron chi connectivity index (χ4n) is 5.06. The van der Waals surface area contributed by atoms with Crippen LogP contribution in [0.5, 0.6) is 5.88 Å². The summed E-state index contributed by atoms with van der Waals surface area (Å²) in [5, 5.41) is 5.04. The van der Waals surface area contributed by atoms with Crippen molar-refractivity contribution in [2.45, 2.75) is 54.2 Å². The van der Waals surface area contributed by atoms with E-state index in [2.05, 4.69) is 4.98 Å². The molecule has 3 aliphatic rings. The van der Waals surface area contributed by atoms with Crippen LogP contribution in [0.4, 0.5) is 4.39 Å². The Morgan fingerprint density at radius 1 is 1.10 bits per heavy atom. The number of primary sulfonamides is 1. The molecule has 9 nitrogen and oxygen atoms in total. The first-order valence-corrected chi connectivity index (χ1v) is 16.3. The normalized spacial score (nSPS) is 20.1. The third kappa shape index (κ3) is 7.29. The van der Waals surface area contributed by atoms with Crippen LogP contribution in [0.15, 0.2) is 40.1 Å². The Labute approximate surface area is 231 Å². The number of likely N-dealkylation sites (tertiary alicyclic amines) is 1. The molecule has 2 aliphatic heterocycles. The van der Waals surface area contributed by atoms with Crippen LogP contribution in [-0.4, -0.2) is 67.4 Å². The van der Waals surface area contributed by atoms with Crippen LogP contribution in [0.25, 0.3) is 0 Å². The van der Waals surface area contributed by atoms with Gasteiger partial charge in [0.2, 0.25) is 15.9 Å². The van der Waals surface area contributed by atoms with Crippen molar-refractivity contribution >= 4 is 27.1 Å². The quantitative estimate of drug-likeness (QED) is 0.451. The Kier molecular flexibility index (Phi) is 8.77. The number of ether oxygens (including phenoxy) is 2. The molecular formula is C27H34FN3O6S2. The summed E-state index contributed by atoms with van der Waals surface area (Å²) in [5.74, 6) is 0.655. The molecule has 1 aromatic heterocycles. The average Bonchev–Trinajstić information content (AvgIpc) is 3.78. The smallest absolute Gasteiger partial charge is 0.254 e. The first-order valence-electron chi connectivity index (χ1n) is 13.4. The van der Waals surface area contributed by atoms with Crippen molar-refractivity contribution < 1.29 is 31.6 Å². The molecule has 1 aromatic carbocycles. The number of aromatic nitrogens is 1. The predicted octanol–water partition coefficient (Wildman–Crippen LogP) is 3.21. The molecule has 1 atom stereocenters. The summed E-state index contributed by atoms with van der Waals surface area (Å²) in [6.07, 6.45) is 5.34. The summed E-state index contributed by atoms with van der Waals surface area (Å²) in [6, 6.07) is 6.81. The van der Waals surface area contributed by atoms with Crippen LogP contribution >= 0.6 is 0 Å². The SMILES string of the molecule is NS(=O)(=O)c1ccc([S+]([O-])CC2CCN(C(=O)c3cc(OCC4CCOCC4)nc(C4CC4)c3)CC2)c(F)c1. The van der Waals surface area contributed by atoms with Crippen molar-refractivity contribution in [1.29, 1.82) is 0 Å². The molecule has 0 bridgehead atoms. The zero-order valence-electron chi connectivity index (χ0n) is 21.7. The number of halogens is 1. The fraction of sp³-hybridized carbons (Fsp3) is 0.556. The predicted molar refractivity (Wildman–Crippen MR) is 143 cm³/mol. The van der Waals surface area contributed by atoms with Gasteiger partial charge in [0.25, 0.3) is 5.91 Å². The van der Waals surface area contributed by atoms with Crippen LogP contribution in [0, 0.1) is 17.7 Å². The number of sulfonamides is 1. The largest absolute Gasteiger partial charge is 0.611 e. The minimum Gasteiger partial charge on any atom is -0.611 e. The van der Waals surface area contributed by atoms with Crippen LogP contribution in [0.3, 0.4) is 0 Å². The van der Waals surface area contributed by atoms with Gasteiger partial charge in [0.1, 0.15) is 5.75 Å². The lowest BCUT2D eigenvalue weighted by molar-refractivity contribution is 0.0489. The molecule has 0 radical (unpaired) electrons. The van der Waals surface area contributed by atoms with Gasteiger partial charge < -0.3 is 18.9 Å². The van der Waals surface area contributed by atoms with Gasteiger partial charge in [-0.3, -0.25) is 4.79 Å². The van der Waals surface area contributed by atoms with Crippen LogP contribution in [0.2, 0.25) is 0 Å². The maximum Gasteiger partial charge on any atom is 0.254 e. The number of benzene rings is 1. The lowest BCUT2D eigenvalue weighted by Gasteiger charge is -2.32. The molecule has 12 heteroatoms. The Morgan fingerprint density at radius 2 is 1.82 bits per heavy atom. The number of pyridine rings is 1. The molecular weight excluding hydrogens is 545 g/mol. The first kappa shape index (κ1) is 28.3. The topological polar surface area (TPSA) is 135 Å². The molecule has 2 saturated heterocycles. The van der Waals surface area contributed by atoms with Gasteiger partial charge in [-0.2, -0.15) is 0 Å². The maximum atomic E-state index is 14.4. The molecule has 5 rings (SSSR count). The molecule has 1 unspecified atom stereocenters. The van der Waals surface area contributed by atoms with E-state index in [1.165, 1.54) is 12.1 Å². The Bertz CT molecular complexity index is 1290. The third-order valence-corrected chi connectivity index (χ3v) is 10.1. The second kappa shape index (κ2) is 12.1. The van der Waals surface area contributed by atoms with Crippen LogP contribution in [0.1, 0.15) is 60.5 Å². The number of nitrogens with two attached hydrogens (primary N) is 1. The summed E-state index contributed by atoms with van der Waals surface area (Å²) in [5.41, 5.74) is 1.48. The highest BCUT2D eigenvalue weighted by atomic mass is 32.2. The van der Waals surface area contributed by atoms with E-state index in [0.717, 1.165) is 50.7 Å². The van der Waals surface area contributed by atoms with E-state index < -0.39 is 27.0 Å². The molecule has 1 amide bonds. The zero-order chi connectivity index (χ0) is 27.6. The molecule has 1 saturated carbocycles. The van der Waals surface area contributed by atoms with Gasteiger partial charge in [-0.15, -0.1) is 0 Å². The number of hydrogen-bond acceptors (Lipinski definition) is 7. The number of carbonyl (C=O) groups is 1. The summed E-state index contributed by atoms with van der Waals surface area (Å²) in [7, 11) is -4.04. The summed E-state index contributed by atoms with van der Waals surface area (Å²) in [4.78, 5) is 19.5. The monoisotopic (exact) mass is 579 g/mol. The average molecular weight is 580 g/mol. The van der Waals surface area contributed by atoms with E-state index in [1.807, 2.05) is 6.07 Å². The van der Waals surface area contributed by atoms with Gasteiger partial charge in [0.05, 0.1) is 11.5 Å². The van der Waals surface area contributed by atoms with Gasteiger partial charge >= 0.3 is 0 Å². The summed E-state index contributed by atoms with van der Waals surface area (Å²) >= 11 is -1.64. The molecule has 2 aromatic rings. The number of amides is 1. The lowest BCUT2D eigenvalue weighted by atomic mass is 9.98. The molecule has 3 fully saturated rings. The highest BCUT2D eigenvalue weighted by Crippen LogP contribution is 2.40. The van der Waals surface area contributed by atoms with E-state index in [1.54, 1.807) is 11.0 Å². The number of carbonyl (C=O) groups excluding carboxylic acids is 1. The number of hydrogen-bond donors (Lipinski definition) is 1. The van der Waals surface area contributed by atoms with Crippen molar-refractivity contribution in [2.24, 2.45) is 17.0 Å². The Hall–Kier alpha value is -2.25. The van der Waals surface area contributed by atoms with Gasteiger partial charge in [-0.25, -0.2) is 22.9 Å². The van der Waals surface area contributed by atoms with Crippen molar-refractivity contribution in [3.8, 4) is 5.88 Å². The molecule has 212 valence electrons. The van der Waals surface area contributed by atoms with E-state index in [-0.39, 0.29) is 27.4 Å². The van der Waals surface area contributed by atoms with Crippen molar-refractivity contribution in [1.82, 2.24) is 9.88 Å². The molecule has 39 heavy (non-hydrogen) atoms. The van der Waals surface area contributed by atoms with Crippen molar-refractivity contribution in [3.05, 3.63) is 47.4 Å². The molecule has 2 N–H and O–H groups in total. The standard InChI is InChI=1S/C27H34FN3O6S2/c28-23-15-22(39(29,34)35)3-4-25(23)38(33)17-19-5-9-31(10-6-19)27(32)21-13-24(20-1-2-20)30-26(14-21)37-16-18-7-11-36-12-8-18/h3-4,13-15,18-20H,1-2,5-12,16-17H2,(H2,29,34,35). The second-order valence-corrected chi connectivity index (χ2v) is 13.7. The maximum absolute atomic E-state index is 14.4. The molecule has 1 aliphatic carbocycles. The van der Waals surface area contributed by atoms with E-state index in [0.29, 0.717) is 55.8 Å². The minimum absolute atomic E-state index is 0.0430. The van der Waals surface area contributed by atoms with Crippen LogP contribution in [-0.2, 0) is 25.9 Å². The Morgan fingerprint density at radius 3 is 2.46 bits per heavy atom. The Balaban J connectivity index is 1.18. The van der Waals surface area contributed by atoms with Crippen LogP contribution < -0.4 is 9.88 Å². The molecule has 0 spiro atoms. The number of nitrogens with zero attached hydrogens (tertiary/aromatic N) is 2. The highest BCUT2D eigenvalue weighted by Gasteiger charge is 2.31. The van der Waals surface area contributed by atoms with Gasteiger partial charge in [-0.1, -0.05) is 0 Å². The first-order chi connectivity index (χ1) is 18.7. The summed E-state index contributed by atoms with van der Waals surface area (Å²) in [6.45, 7) is 3.07. The molecule has 3 heterocycles. The van der Waals surface area contributed by atoms with E-state index >= 15 is 0 Å². The van der Waals surface area contributed by atoms with Gasteiger partial charge in [0.15, 0.2) is 10.7 Å². The van der Waals surface area contributed by atoms with Gasteiger partial charge in [0, 0.05) is 55.5 Å².